The first-order valence-corrected chi connectivity index (χ1v) is 8.42. The van der Waals surface area contributed by atoms with Crippen molar-refractivity contribution >= 4 is 26.8 Å². The number of nitrogens with one attached hydrogen (secondary N) is 2. The minimum absolute atomic E-state index is 0.101. The molecule has 0 amide bonds. The van der Waals surface area contributed by atoms with E-state index in [2.05, 4.69) is 38.1 Å². The summed E-state index contributed by atoms with van der Waals surface area (Å²) in [4.78, 5) is 19.4. The van der Waals surface area contributed by atoms with E-state index in [0.29, 0.717) is 23.3 Å². The van der Waals surface area contributed by atoms with E-state index in [9.17, 15) is 4.79 Å². The standard InChI is InChI=1S/C18H18BrN3O2/c1-11(12-7-8-16(24-2)14(19)9-12)20-10-17-21-15-6-4-3-5-13(15)18(23)22-17/h3-9,11,20H,10H2,1-2H3,(H,21,22,23). The number of aromatic nitrogens is 2. The van der Waals surface area contributed by atoms with Crippen LogP contribution in [0.4, 0.5) is 0 Å². The molecular formula is C18H18BrN3O2. The number of nitrogens with zero attached hydrogens (tertiary/aromatic N) is 1. The van der Waals surface area contributed by atoms with Crippen molar-refractivity contribution in [1.82, 2.24) is 15.3 Å². The Morgan fingerprint density at radius 1 is 1.29 bits per heavy atom. The third-order valence-electron chi connectivity index (χ3n) is 3.91. The number of para-hydroxylation sites is 1. The normalized spacial score (nSPS) is 12.3. The van der Waals surface area contributed by atoms with E-state index in [1.807, 2.05) is 36.4 Å². The van der Waals surface area contributed by atoms with Gasteiger partial charge in [-0.1, -0.05) is 18.2 Å². The first-order chi connectivity index (χ1) is 11.6. The number of aromatic amines is 1. The monoisotopic (exact) mass is 387 g/mol. The summed E-state index contributed by atoms with van der Waals surface area (Å²) < 4.78 is 6.16. The fourth-order valence-corrected chi connectivity index (χ4v) is 3.10. The summed E-state index contributed by atoms with van der Waals surface area (Å²) in [6.07, 6.45) is 0. The molecule has 0 saturated heterocycles. The molecule has 0 fully saturated rings. The molecule has 0 aliphatic rings. The summed E-state index contributed by atoms with van der Waals surface area (Å²) in [7, 11) is 1.64. The van der Waals surface area contributed by atoms with Crippen LogP contribution in [-0.4, -0.2) is 17.1 Å². The van der Waals surface area contributed by atoms with Gasteiger partial charge < -0.3 is 15.0 Å². The lowest BCUT2D eigenvalue weighted by molar-refractivity contribution is 0.411. The average Bonchev–Trinajstić information content (AvgIpc) is 2.59. The molecule has 0 aliphatic carbocycles. The molecule has 0 spiro atoms. The topological polar surface area (TPSA) is 67.0 Å². The predicted octanol–water partition coefficient (Wildman–Crippen LogP) is 3.55. The van der Waals surface area contributed by atoms with Gasteiger partial charge >= 0.3 is 0 Å². The highest BCUT2D eigenvalue weighted by Gasteiger charge is 2.09. The Bertz CT molecular complexity index is 924. The lowest BCUT2D eigenvalue weighted by atomic mass is 10.1. The van der Waals surface area contributed by atoms with E-state index in [1.165, 1.54) is 0 Å². The predicted molar refractivity (Wildman–Crippen MR) is 98.3 cm³/mol. The van der Waals surface area contributed by atoms with E-state index in [0.717, 1.165) is 15.8 Å². The molecule has 1 aromatic heterocycles. The number of hydrogen-bond donors (Lipinski definition) is 2. The van der Waals surface area contributed by atoms with E-state index in [1.54, 1.807) is 13.2 Å². The minimum atomic E-state index is -0.114. The van der Waals surface area contributed by atoms with Crippen molar-refractivity contribution in [2.24, 2.45) is 0 Å². The zero-order valence-corrected chi connectivity index (χ0v) is 15.1. The van der Waals surface area contributed by atoms with Crippen LogP contribution in [0.15, 0.2) is 51.7 Å². The molecule has 5 nitrogen and oxygen atoms in total. The van der Waals surface area contributed by atoms with Crippen LogP contribution in [0, 0.1) is 0 Å². The third kappa shape index (κ3) is 3.49. The molecule has 2 aromatic carbocycles. The summed E-state index contributed by atoms with van der Waals surface area (Å²) in [6, 6.07) is 13.4. The van der Waals surface area contributed by atoms with Crippen LogP contribution >= 0.6 is 15.9 Å². The molecule has 2 N–H and O–H groups in total. The van der Waals surface area contributed by atoms with Gasteiger partial charge in [0, 0.05) is 6.04 Å². The van der Waals surface area contributed by atoms with Crippen LogP contribution in [0.2, 0.25) is 0 Å². The number of ether oxygens (including phenoxy) is 1. The van der Waals surface area contributed by atoms with Gasteiger partial charge in [0.05, 0.1) is 29.0 Å². The lowest BCUT2D eigenvalue weighted by Crippen LogP contribution is -2.22. The van der Waals surface area contributed by atoms with Crippen LogP contribution in [0.5, 0.6) is 5.75 Å². The van der Waals surface area contributed by atoms with Crippen molar-refractivity contribution in [3.63, 3.8) is 0 Å². The molecule has 6 heteroatoms. The van der Waals surface area contributed by atoms with Gasteiger partial charge in [0.1, 0.15) is 11.6 Å². The summed E-state index contributed by atoms with van der Waals surface area (Å²) in [5.41, 5.74) is 1.71. The summed E-state index contributed by atoms with van der Waals surface area (Å²) in [5, 5.41) is 3.98. The Labute approximate surface area is 148 Å². The second-order valence-electron chi connectivity index (χ2n) is 5.53. The molecule has 124 valence electrons. The van der Waals surface area contributed by atoms with Crippen LogP contribution in [0.1, 0.15) is 24.4 Å². The number of rotatable bonds is 5. The van der Waals surface area contributed by atoms with E-state index < -0.39 is 0 Å². The van der Waals surface area contributed by atoms with Gasteiger partial charge in [-0.15, -0.1) is 0 Å². The Morgan fingerprint density at radius 3 is 2.83 bits per heavy atom. The number of benzene rings is 2. The second kappa shape index (κ2) is 7.15. The van der Waals surface area contributed by atoms with Gasteiger partial charge in [-0.2, -0.15) is 0 Å². The van der Waals surface area contributed by atoms with Gasteiger partial charge in [0.15, 0.2) is 0 Å². The van der Waals surface area contributed by atoms with E-state index in [4.69, 9.17) is 4.74 Å². The van der Waals surface area contributed by atoms with Crippen LogP contribution < -0.4 is 15.6 Å². The van der Waals surface area contributed by atoms with Crippen molar-refractivity contribution < 1.29 is 4.74 Å². The van der Waals surface area contributed by atoms with Gasteiger partial charge in [-0.25, -0.2) is 4.98 Å². The molecule has 1 atom stereocenters. The SMILES string of the molecule is COc1ccc(C(C)NCc2nc3ccccc3c(=O)[nH]2)cc1Br. The summed E-state index contributed by atoms with van der Waals surface area (Å²) >= 11 is 3.50. The molecule has 1 heterocycles. The molecule has 0 radical (unpaired) electrons. The number of H-pyrrole nitrogens is 1. The smallest absolute Gasteiger partial charge is 0.258 e. The molecule has 0 aliphatic heterocycles. The summed E-state index contributed by atoms with van der Waals surface area (Å²) in [6.45, 7) is 2.54. The number of hydrogen-bond acceptors (Lipinski definition) is 4. The zero-order valence-electron chi connectivity index (χ0n) is 13.5. The summed E-state index contributed by atoms with van der Waals surface area (Å²) in [5.74, 6) is 1.42. The number of fused-ring (bicyclic) bond motifs is 1. The molecule has 0 bridgehead atoms. The highest BCUT2D eigenvalue weighted by atomic mass is 79.9. The van der Waals surface area contributed by atoms with Gasteiger partial charge in [0.25, 0.3) is 5.56 Å². The maximum atomic E-state index is 12.1. The van der Waals surface area contributed by atoms with Crippen LogP contribution in [-0.2, 0) is 6.54 Å². The van der Waals surface area contributed by atoms with Crippen molar-refractivity contribution in [2.45, 2.75) is 19.5 Å². The second-order valence-corrected chi connectivity index (χ2v) is 6.38. The Morgan fingerprint density at radius 2 is 2.08 bits per heavy atom. The lowest BCUT2D eigenvalue weighted by Gasteiger charge is -2.15. The fraction of sp³-hybridized carbons (Fsp3) is 0.222. The fourth-order valence-electron chi connectivity index (χ4n) is 2.54. The van der Waals surface area contributed by atoms with Crippen molar-refractivity contribution in [2.75, 3.05) is 7.11 Å². The van der Waals surface area contributed by atoms with Crippen LogP contribution in [0.3, 0.4) is 0 Å². The third-order valence-corrected chi connectivity index (χ3v) is 4.53. The largest absolute Gasteiger partial charge is 0.496 e. The molecule has 0 saturated carbocycles. The van der Waals surface area contributed by atoms with Gasteiger partial charge in [0.2, 0.25) is 0 Å². The van der Waals surface area contributed by atoms with Gasteiger partial charge in [-0.05, 0) is 52.7 Å². The highest BCUT2D eigenvalue weighted by Crippen LogP contribution is 2.28. The van der Waals surface area contributed by atoms with Crippen molar-refractivity contribution in [3.8, 4) is 5.75 Å². The molecule has 3 rings (SSSR count). The molecule has 24 heavy (non-hydrogen) atoms. The number of halogens is 1. The quantitative estimate of drug-likeness (QED) is 0.702. The number of methoxy groups -OCH3 is 1. The first-order valence-electron chi connectivity index (χ1n) is 7.63. The molecule has 1 unspecified atom stereocenters. The first kappa shape index (κ1) is 16.7. The molecule has 3 aromatic rings. The highest BCUT2D eigenvalue weighted by molar-refractivity contribution is 9.10. The molecular weight excluding hydrogens is 370 g/mol. The van der Waals surface area contributed by atoms with E-state index in [-0.39, 0.29) is 11.6 Å². The van der Waals surface area contributed by atoms with Crippen LogP contribution in [0.25, 0.3) is 10.9 Å². The average molecular weight is 388 g/mol. The Kier molecular flexibility index (Phi) is 4.97. The zero-order chi connectivity index (χ0) is 17.1. The Balaban J connectivity index is 1.75. The maximum absolute atomic E-state index is 12.1. The van der Waals surface area contributed by atoms with E-state index >= 15 is 0 Å². The maximum Gasteiger partial charge on any atom is 0.258 e. The minimum Gasteiger partial charge on any atom is -0.496 e. The Hall–Kier alpha value is -2.18. The van der Waals surface area contributed by atoms with Gasteiger partial charge in [-0.3, -0.25) is 4.79 Å². The van der Waals surface area contributed by atoms with Crippen molar-refractivity contribution in [1.29, 1.82) is 0 Å². The van der Waals surface area contributed by atoms with Crippen molar-refractivity contribution in [3.05, 3.63) is 68.7 Å².